The van der Waals surface area contributed by atoms with E-state index in [2.05, 4.69) is 42.2 Å². The van der Waals surface area contributed by atoms with Crippen LogP contribution in [0.2, 0.25) is 0 Å². The van der Waals surface area contributed by atoms with Crippen molar-refractivity contribution in [2.75, 3.05) is 13.1 Å². The number of aliphatic imine (C=N–C) groups is 1. The summed E-state index contributed by atoms with van der Waals surface area (Å²) in [6.45, 7) is 2.32. The van der Waals surface area contributed by atoms with E-state index in [1.54, 1.807) is 0 Å². The van der Waals surface area contributed by atoms with Gasteiger partial charge in [-0.25, -0.2) is 4.98 Å². The number of piperidine rings is 1. The van der Waals surface area contributed by atoms with Gasteiger partial charge in [-0.2, -0.15) is 10.3 Å². The fourth-order valence-electron chi connectivity index (χ4n) is 3.52. The lowest BCUT2D eigenvalue weighted by atomic mass is 9.84. The molecule has 1 saturated carbocycles. The molecule has 2 heterocycles. The quantitative estimate of drug-likeness (QED) is 0.216. The number of nitriles is 1. The number of carbonyl (C=O) groups is 2. The number of nitrogens with one attached hydrogen (secondary N) is 1. The Balaban J connectivity index is 1.66. The number of rotatable bonds is 8. The molecule has 1 saturated heterocycles. The van der Waals surface area contributed by atoms with E-state index in [1.807, 2.05) is 18.3 Å². The van der Waals surface area contributed by atoms with Gasteiger partial charge in [0, 0.05) is 37.9 Å². The predicted octanol–water partition coefficient (Wildman–Crippen LogP) is 1.34. The molecule has 2 fully saturated rings. The van der Waals surface area contributed by atoms with Crippen molar-refractivity contribution in [2.45, 2.75) is 44.2 Å². The number of hydrogen-bond acceptors (Lipinski definition) is 6. The van der Waals surface area contributed by atoms with Gasteiger partial charge in [-0.3, -0.25) is 14.5 Å². The lowest BCUT2D eigenvalue weighted by Gasteiger charge is -2.41. The van der Waals surface area contributed by atoms with Crippen LogP contribution in [-0.2, 0) is 16.1 Å². The Hall–Kier alpha value is -2.77. The molecule has 1 aromatic rings. The molecule has 0 bridgehead atoms. The number of amides is 2. The van der Waals surface area contributed by atoms with Gasteiger partial charge in [0.05, 0.1) is 23.6 Å². The molecule has 1 aliphatic carbocycles. The summed E-state index contributed by atoms with van der Waals surface area (Å²) in [7, 11) is 0. The van der Waals surface area contributed by atoms with E-state index in [-0.39, 0.29) is 29.7 Å². The van der Waals surface area contributed by atoms with Gasteiger partial charge in [0.15, 0.2) is 0 Å². The van der Waals surface area contributed by atoms with Crippen molar-refractivity contribution in [1.29, 1.82) is 5.26 Å². The van der Waals surface area contributed by atoms with E-state index in [9.17, 15) is 14.9 Å². The SMILES string of the molecule is N#CCC1(N/C=C(/C(N)=O)C(N)=NC(=O)C2CC2)CCN(Cc2ccc(Br)nc2)CC1. The molecule has 5 N–H and O–H groups in total. The Labute approximate surface area is 189 Å². The van der Waals surface area contributed by atoms with Crippen LogP contribution in [0.5, 0.6) is 0 Å². The zero-order valence-corrected chi connectivity index (χ0v) is 18.8. The second-order valence-electron chi connectivity index (χ2n) is 8.06. The zero-order valence-electron chi connectivity index (χ0n) is 17.2. The molecule has 2 aliphatic rings. The van der Waals surface area contributed by atoms with Crippen molar-refractivity contribution >= 4 is 33.6 Å². The van der Waals surface area contributed by atoms with Gasteiger partial charge in [0.2, 0.25) is 0 Å². The summed E-state index contributed by atoms with van der Waals surface area (Å²) < 4.78 is 0.797. The first-order chi connectivity index (χ1) is 14.8. The first kappa shape index (κ1) is 22.9. The molecule has 0 unspecified atom stereocenters. The second-order valence-corrected chi connectivity index (χ2v) is 8.87. The van der Waals surface area contributed by atoms with Gasteiger partial charge in [-0.1, -0.05) is 6.07 Å². The summed E-state index contributed by atoms with van der Waals surface area (Å²) in [6, 6.07) is 6.17. The number of aromatic nitrogens is 1. The second kappa shape index (κ2) is 10.0. The molecule has 9 nitrogen and oxygen atoms in total. The topological polar surface area (TPSA) is 150 Å². The molecular weight excluding hydrogens is 462 g/mol. The van der Waals surface area contributed by atoms with Crippen molar-refractivity contribution in [3.63, 3.8) is 0 Å². The van der Waals surface area contributed by atoms with Crippen molar-refractivity contribution in [1.82, 2.24) is 15.2 Å². The highest BCUT2D eigenvalue weighted by Crippen LogP contribution is 2.30. The monoisotopic (exact) mass is 487 g/mol. The summed E-state index contributed by atoms with van der Waals surface area (Å²) in [5.74, 6) is -1.39. The smallest absolute Gasteiger partial charge is 0.253 e. The normalized spacial score (nSPS) is 19.5. The first-order valence-electron chi connectivity index (χ1n) is 10.2. The van der Waals surface area contributed by atoms with Crippen molar-refractivity contribution in [3.05, 3.63) is 40.3 Å². The average Bonchev–Trinajstić information content (AvgIpc) is 3.57. The highest BCUT2D eigenvalue weighted by molar-refractivity contribution is 9.10. The van der Waals surface area contributed by atoms with Crippen LogP contribution in [0.25, 0.3) is 0 Å². The minimum Gasteiger partial charge on any atom is -0.384 e. The van der Waals surface area contributed by atoms with Gasteiger partial charge in [0.25, 0.3) is 11.8 Å². The van der Waals surface area contributed by atoms with E-state index in [4.69, 9.17) is 11.5 Å². The van der Waals surface area contributed by atoms with E-state index in [0.717, 1.165) is 42.6 Å². The lowest BCUT2D eigenvalue weighted by Crippen LogP contribution is -2.51. The predicted molar refractivity (Wildman–Crippen MR) is 119 cm³/mol. The minimum atomic E-state index is -0.773. The van der Waals surface area contributed by atoms with Gasteiger partial charge in [-0.15, -0.1) is 0 Å². The lowest BCUT2D eigenvalue weighted by molar-refractivity contribution is -0.118. The van der Waals surface area contributed by atoms with Crippen LogP contribution in [0.3, 0.4) is 0 Å². The van der Waals surface area contributed by atoms with E-state index < -0.39 is 11.4 Å². The fraction of sp³-hybridized carbons (Fsp3) is 0.476. The highest BCUT2D eigenvalue weighted by atomic mass is 79.9. The molecule has 0 atom stereocenters. The molecule has 2 amide bonds. The molecule has 0 spiro atoms. The fourth-order valence-corrected chi connectivity index (χ4v) is 3.75. The molecule has 3 rings (SSSR count). The standard InChI is InChI=1S/C21H26BrN7O2/c22-17-4-1-14(11-26-17)13-29-9-6-21(5-8-23,7-10-29)27-12-16(19(25)30)18(24)28-20(31)15-2-3-15/h1,4,11-12,15,27H,2-3,5-7,9-10,13H2,(H2,25,30)(H2,24,28,31)/b16-12+. The minimum absolute atomic E-state index is 0.0466. The van der Waals surface area contributed by atoms with Crippen LogP contribution in [0.1, 0.15) is 37.7 Å². The van der Waals surface area contributed by atoms with Crippen LogP contribution in [0.4, 0.5) is 0 Å². The number of nitrogens with two attached hydrogens (primary N) is 2. The molecule has 164 valence electrons. The van der Waals surface area contributed by atoms with Gasteiger partial charge in [-0.05, 0) is 53.2 Å². The largest absolute Gasteiger partial charge is 0.384 e. The van der Waals surface area contributed by atoms with Crippen LogP contribution >= 0.6 is 15.9 Å². The average molecular weight is 488 g/mol. The summed E-state index contributed by atoms with van der Waals surface area (Å²) in [5.41, 5.74) is 11.9. The maximum Gasteiger partial charge on any atom is 0.253 e. The number of primary amides is 1. The molecular formula is C21H26BrN7O2. The summed E-state index contributed by atoms with van der Waals surface area (Å²) in [4.78, 5) is 34.2. The van der Waals surface area contributed by atoms with Crippen LogP contribution in [-0.4, -0.2) is 46.2 Å². The molecule has 0 radical (unpaired) electrons. The van der Waals surface area contributed by atoms with E-state index in [0.29, 0.717) is 12.8 Å². The van der Waals surface area contributed by atoms with Crippen molar-refractivity contribution < 1.29 is 9.59 Å². The Morgan fingerprint density at radius 3 is 2.61 bits per heavy atom. The highest BCUT2D eigenvalue weighted by Gasteiger charge is 2.34. The number of hydrogen-bond donors (Lipinski definition) is 3. The Morgan fingerprint density at radius 2 is 2.06 bits per heavy atom. The number of halogens is 1. The molecule has 0 aromatic carbocycles. The third kappa shape index (κ3) is 6.35. The van der Waals surface area contributed by atoms with Crippen LogP contribution in [0.15, 0.2) is 39.7 Å². The number of likely N-dealkylation sites (tertiary alicyclic amines) is 1. The third-order valence-electron chi connectivity index (χ3n) is 5.65. The maximum absolute atomic E-state index is 11.9. The summed E-state index contributed by atoms with van der Waals surface area (Å²) >= 11 is 3.34. The van der Waals surface area contributed by atoms with Crippen molar-refractivity contribution in [2.24, 2.45) is 22.4 Å². The maximum atomic E-state index is 11.9. The Morgan fingerprint density at radius 1 is 1.35 bits per heavy atom. The number of pyridine rings is 1. The molecule has 1 aromatic heterocycles. The number of amidine groups is 1. The van der Waals surface area contributed by atoms with Gasteiger partial charge in [0.1, 0.15) is 10.4 Å². The van der Waals surface area contributed by atoms with Crippen LogP contribution in [0, 0.1) is 17.2 Å². The molecule has 10 heteroatoms. The van der Waals surface area contributed by atoms with Gasteiger partial charge < -0.3 is 16.8 Å². The molecule has 1 aliphatic heterocycles. The Kier molecular flexibility index (Phi) is 7.41. The van der Waals surface area contributed by atoms with E-state index >= 15 is 0 Å². The van der Waals surface area contributed by atoms with Gasteiger partial charge >= 0.3 is 0 Å². The number of nitrogens with zero attached hydrogens (tertiary/aromatic N) is 4. The molecule has 31 heavy (non-hydrogen) atoms. The first-order valence-corrected chi connectivity index (χ1v) is 11.0. The third-order valence-corrected chi connectivity index (χ3v) is 6.12. The summed E-state index contributed by atoms with van der Waals surface area (Å²) in [6.07, 6.45) is 6.50. The Bertz CT molecular complexity index is 924. The van der Waals surface area contributed by atoms with E-state index in [1.165, 1.54) is 6.20 Å². The number of carbonyl (C=O) groups excluding carboxylic acids is 2. The zero-order chi connectivity index (χ0) is 22.4. The van der Waals surface area contributed by atoms with Crippen molar-refractivity contribution in [3.8, 4) is 6.07 Å². The summed E-state index contributed by atoms with van der Waals surface area (Å²) in [5, 5.41) is 12.6. The van der Waals surface area contributed by atoms with Crippen LogP contribution < -0.4 is 16.8 Å².